The van der Waals surface area contributed by atoms with Gasteiger partial charge in [0.15, 0.2) is 4.77 Å². The second-order valence-corrected chi connectivity index (χ2v) is 6.66. The van der Waals surface area contributed by atoms with Crippen LogP contribution in [0.25, 0.3) is 11.0 Å². The fourth-order valence-corrected chi connectivity index (χ4v) is 3.35. The van der Waals surface area contributed by atoms with Gasteiger partial charge in [-0.05, 0) is 61.1 Å². The van der Waals surface area contributed by atoms with Gasteiger partial charge in [-0.3, -0.25) is 0 Å². The number of imidazole rings is 1. The van der Waals surface area contributed by atoms with Gasteiger partial charge in [0.2, 0.25) is 0 Å². The molecular weight excluding hydrogens is 362 g/mol. The number of aromatic nitrogens is 2. The molecule has 0 amide bonds. The molecule has 0 aliphatic rings. The molecule has 0 unspecified atom stereocenters. The van der Waals surface area contributed by atoms with E-state index in [1.54, 1.807) is 12.1 Å². The molecule has 0 radical (unpaired) electrons. The summed E-state index contributed by atoms with van der Waals surface area (Å²) in [5, 5.41) is 0. The summed E-state index contributed by atoms with van der Waals surface area (Å²) in [6.07, 6.45) is 2.07. The maximum atomic E-state index is 13.7. The van der Waals surface area contributed by atoms with Crippen LogP contribution in [0.3, 0.4) is 0 Å². The minimum absolute atomic E-state index is 0.108. The van der Waals surface area contributed by atoms with Crippen molar-refractivity contribution in [1.82, 2.24) is 9.55 Å². The Morgan fingerprint density at radius 3 is 2.72 bits per heavy atom. The first kappa shape index (κ1) is 14.0. The molecule has 18 heavy (non-hydrogen) atoms. The number of fused-ring (bicyclic) bond motifs is 1. The number of nitrogens with one attached hydrogen (secondary N) is 1. The van der Waals surface area contributed by atoms with Crippen LogP contribution < -0.4 is 0 Å². The molecule has 0 saturated carbocycles. The molecule has 98 valence electrons. The van der Waals surface area contributed by atoms with E-state index in [-0.39, 0.29) is 11.4 Å². The van der Waals surface area contributed by atoms with Crippen LogP contribution >= 0.6 is 34.8 Å². The van der Waals surface area contributed by atoms with Gasteiger partial charge in [0.05, 0.1) is 14.6 Å². The van der Waals surface area contributed by atoms with E-state index in [1.165, 1.54) is 0 Å². The molecule has 1 heterocycles. The van der Waals surface area contributed by atoms with Gasteiger partial charge >= 0.3 is 0 Å². The molecule has 0 aliphatic carbocycles. The minimum Gasteiger partial charge on any atom is -0.331 e. The highest BCUT2D eigenvalue weighted by molar-refractivity contribution is 14.1. The Balaban J connectivity index is 2.75. The summed E-state index contributed by atoms with van der Waals surface area (Å²) in [5.74, 6) is -0.196. The van der Waals surface area contributed by atoms with Gasteiger partial charge in [-0.15, -0.1) is 0 Å². The lowest BCUT2D eigenvalue weighted by Crippen LogP contribution is -2.26. The molecule has 2 rings (SSSR count). The third-order valence-electron chi connectivity index (χ3n) is 3.19. The molecule has 1 N–H and O–H groups in total. The number of aromatic amines is 1. The van der Waals surface area contributed by atoms with Crippen molar-refractivity contribution in [3.63, 3.8) is 0 Å². The molecule has 1 aromatic heterocycles. The zero-order valence-electron chi connectivity index (χ0n) is 10.7. The minimum atomic E-state index is -0.196. The van der Waals surface area contributed by atoms with Crippen molar-refractivity contribution >= 4 is 45.8 Å². The van der Waals surface area contributed by atoms with Crippen molar-refractivity contribution in [2.45, 2.75) is 39.2 Å². The highest BCUT2D eigenvalue weighted by Gasteiger charge is 2.23. The van der Waals surface area contributed by atoms with E-state index in [4.69, 9.17) is 12.2 Å². The topological polar surface area (TPSA) is 20.7 Å². The fraction of sp³-hybridized carbons (Fsp3) is 0.462. The number of nitrogens with zero attached hydrogens (tertiary/aromatic N) is 1. The Morgan fingerprint density at radius 2 is 2.11 bits per heavy atom. The first-order valence-electron chi connectivity index (χ1n) is 5.97. The van der Waals surface area contributed by atoms with Crippen LogP contribution in [0, 0.1) is 14.2 Å². The smallest absolute Gasteiger partial charge is 0.178 e. The summed E-state index contributed by atoms with van der Waals surface area (Å²) in [6.45, 7) is 6.41. The molecule has 0 fully saturated rings. The van der Waals surface area contributed by atoms with E-state index >= 15 is 0 Å². The van der Waals surface area contributed by atoms with Gasteiger partial charge in [0.25, 0.3) is 0 Å². The predicted octanol–water partition coefficient (Wildman–Crippen LogP) is 4.98. The van der Waals surface area contributed by atoms with Crippen LogP contribution in [0.5, 0.6) is 0 Å². The first-order chi connectivity index (χ1) is 8.36. The second kappa shape index (κ2) is 4.92. The van der Waals surface area contributed by atoms with E-state index in [0.717, 1.165) is 23.9 Å². The summed E-state index contributed by atoms with van der Waals surface area (Å²) in [4.78, 5) is 3.17. The Hall–Kier alpha value is -0.430. The van der Waals surface area contributed by atoms with Crippen LogP contribution in [0.1, 0.15) is 33.6 Å². The Kier molecular flexibility index (Phi) is 3.82. The number of rotatable bonds is 3. The van der Waals surface area contributed by atoms with E-state index < -0.39 is 0 Å². The standard InChI is InChI=1S/C13H16FIN2S/c1-4-5-13(2,3)17-11-6-8(14)9(15)7-10(11)16-12(17)18/h6-7H,4-5H2,1-3H3,(H,16,18). The zero-order valence-corrected chi connectivity index (χ0v) is 13.7. The summed E-state index contributed by atoms with van der Waals surface area (Å²) in [6, 6.07) is 3.38. The third-order valence-corrected chi connectivity index (χ3v) is 4.30. The molecule has 1 aromatic carbocycles. The van der Waals surface area contributed by atoms with Crippen LogP contribution in [0.2, 0.25) is 0 Å². The van der Waals surface area contributed by atoms with E-state index in [1.807, 2.05) is 27.2 Å². The Bertz CT molecular complexity index is 642. The largest absolute Gasteiger partial charge is 0.331 e. The number of H-pyrrole nitrogens is 1. The second-order valence-electron chi connectivity index (χ2n) is 5.11. The quantitative estimate of drug-likeness (QED) is 0.590. The average molecular weight is 378 g/mol. The van der Waals surface area contributed by atoms with E-state index in [2.05, 4.69) is 25.8 Å². The fourth-order valence-electron chi connectivity index (χ4n) is 2.43. The van der Waals surface area contributed by atoms with Crippen molar-refractivity contribution in [3.8, 4) is 0 Å². The van der Waals surface area contributed by atoms with Crippen molar-refractivity contribution in [2.75, 3.05) is 0 Å². The predicted molar refractivity (Wildman–Crippen MR) is 84.0 cm³/mol. The number of hydrogen-bond donors (Lipinski definition) is 1. The van der Waals surface area contributed by atoms with Gasteiger partial charge in [-0.1, -0.05) is 13.3 Å². The maximum absolute atomic E-state index is 13.7. The number of hydrogen-bond acceptors (Lipinski definition) is 1. The van der Waals surface area contributed by atoms with Crippen molar-refractivity contribution in [3.05, 3.63) is 26.3 Å². The van der Waals surface area contributed by atoms with Crippen molar-refractivity contribution < 1.29 is 4.39 Å². The average Bonchev–Trinajstić information content (AvgIpc) is 2.55. The van der Waals surface area contributed by atoms with E-state index in [9.17, 15) is 4.39 Å². The van der Waals surface area contributed by atoms with Crippen molar-refractivity contribution in [1.29, 1.82) is 0 Å². The summed E-state index contributed by atoms with van der Waals surface area (Å²) < 4.78 is 17.0. The summed E-state index contributed by atoms with van der Waals surface area (Å²) in [7, 11) is 0. The molecular formula is C13H16FIN2S. The summed E-state index contributed by atoms with van der Waals surface area (Å²) in [5.41, 5.74) is 1.63. The zero-order chi connectivity index (χ0) is 13.5. The molecule has 0 aliphatic heterocycles. The monoisotopic (exact) mass is 378 g/mol. The van der Waals surface area contributed by atoms with E-state index in [0.29, 0.717) is 8.34 Å². The highest BCUT2D eigenvalue weighted by Crippen LogP contribution is 2.29. The molecule has 2 nitrogen and oxygen atoms in total. The molecule has 0 saturated heterocycles. The van der Waals surface area contributed by atoms with Crippen LogP contribution in [-0.4, -0.2) is 9.55 Å². The third kappa shape index (κ3) is 2.34. The van der Waals surface area contributed by atoms with Gasteiger partial charge in [-0.25, -0.2) is 4.39 Å². The van der Waals surface area contributed by atoms with Gasteiger partial charge < -0.3 is 9.55 Å². The molecule has 5 heteroatoms. The lowest BCUT2D eigenvalue weighted by atomic mass is 9.98. The molecule has 0 spiro atoms. The van der Waals surface area contributed by atoms with Crippen LogP contribution in [0.15, 0.2) is 12.1 Å². The molecule has 0 bridgehead atoms. The SMILES string of the molecule is CCCC(C)(C)n1c(=S)[nH]c2cc(I)c(F)cc21. The Morgan fingerprint density at radius 1 is 1.44 bits per heavy atom. The molecule has 2 aromatic rings. The lowest BCUT2D eigenvalue weighted by molar-refractivity contribution is 0.329. The van der Waals surface area contributed by atoms with Gasteiger partial charge in [0.1, 0.15) is 5.82 Å². The van der Waals surface area contributed by atoms with Crippen LogP contribution in [0.4, 0.5) is 4.39 Å². The van der Waals surface area contributed by atoms with Gasteiger partial charge in [-0.2, -0.15) is 0 Å². The lowest BCUT2D eigenvalue weighted by Gasteiger charge is -2.27. The Labute approximate surface area is 125 Å². The highest BCUT2D eigenvalue weighted by atomic mass is 127. The number of benzene rings is 1. The van der Waals surface area contributed by atoms with Crippen LogP contribution in [-0.2, 0) is 5.54 Å². The summed E-state index contributed by atoms with van der Waals surface area (Å²) >= 11 is 7.38. The van der Waals surface area contributed by atoms with Crippen molar-refractivity contribution in [2.24, 2.45) is 0 Å². The van der Waals surface area contributed by atoms with Gasteiger partial charge in [0, 0.05) is 11.6 Å². The first-order valence-corrected chi connectivity index (χ1v) is 7.46. The normalized spacial score (nSPS) is 12.3. The number of halogens is 2. The maximum Gasteiger partial charge on any atom is 0.178 e. The molecule has 0 atom stereocenters.